The van der Waals surface area contributed by atoms with Crippen LogP contribution in [0.4, 0.5) is 13.2 Å². The highest BCUT2D eigenvalue weighted by Gasteiger charge is 2.32. The maximum atomic E-state index is 12.6. The third-order valence-corrected chi connectivity index (χ3v) is 2.11. The Morgan fingerprint density at radius 3 is 2.65 bits per heavy atom. The van der Waals surface area contributed by atoms with E-state index in [-0.39, 0.29) is 12.2 Å². The van der Waals surface area contributed by atoms with Gasteiger partial charge >= 0.3 is 6.18 Å². The molecule has 1 aromatic carbocycles. The van der Waals surface area contributed by atoms with E-state index in [0.29, 0.717) is 0 Å². The van der Waals surface area contributed by atoms with Crippen LogP contribution >= 0.6 is 0 Å². The zero-order chi connectivity index (χ0) is 12.7. The van der Waals surface area contributed by atoms with Gasteiger partial charge in [-0.05, 0) is 12.5 Å². The van der Waals surface area contributed by atoms with Crippen LogP contribution in [0.5, 0.6) is 0 Å². The molecule has 0 unspecified atom stereocenters. The fourth-order valence-electron chi connectivity index (χ4n) is 1.26. The largest absolute Gasteiger partial charge is 0.416 e. The third-order valence-electron chi connectivity index (χ3n) is 2.11. The van der Waals surface area contributed by atoms with E-state index in [9.17, 15) is 13.2 Å². The molecule has 94 valence electrons. The van der Waals surface area contributed by atoms with Crippen molar-refractivity contribution in [1.29, 1.82) is 0 Å². The predicted molar refractivity (Wildman–Crippen MR) is 59.6 cm³/mol. The van der Waals surface area contributed by atoms with Crippen LogP contribution in [0.15, 0.2) is 29.4 Å². The minimum atomic E-state index is -4.35. The summed E-state index contributed by atoms with van der Waals surface area (Å²) in [4.78, 5) is 4.83. The second-order valence-electron chi connectivity index (χ2n) is 3.51. The molecule has 0 saturated carbocycles. The number of benzene rings is 1. The van der Waals surface area contributed by atoms with E-state index in [1.54, 1.807) is 12.3 Å². The van der Waals surface area contributed by atoms with E-state index in [2.05, 4.69) is 5.16 Å². The Balaban J connectivity index is 2.65. The Bertz CT molecular complexity index is 374. The van der Waals surface area contributed by atoms with Crippen molar-refractivity contribution in [3.05, 3.63) is 35.4 Å². The van der Waals surface area contributed by atoms with E-state index in [4.69, 9.17) is 4.84 Å². The van der Waals surface area contributed by atoms with Gasteiger partial charge in [0, 0.05) is 11.8 Å². The molecule has 0 aliphatic rings. The molecule has 17 heavy (non-hydrogen) atoms. The summed E-state index contributed by atoms with van der Waals surface area (Å²) in [5.74, 6) is 0. The highest BCUT2D eigenvalue weighted by Crippen LogP contribution is 2.32. The molecule has 2 nitrogen and oxygen atoms in total. The molecule has 0 amide bonds. The molecule has 1 aromatic rings. The molecule has 0 radical (unpaired) electrons. The summed E-state index contributed by atoms with van der Waals surface area (Å²) in [5, 5.41) is 3.59. The minimum Gasteiger partial charge on any atom is -0.391 e. The lowest BCUT2D eigenvalue weighted by Crippen LogP contribution is -2.09. The van der Waals surface area contributed by atoms with E-state index in [1.165, 1.54) is 12.1 Å². The van der Waals surface area contributed by atoms with E-state index in [1.807, 2.05) is 6.92 Å². The van der Waals surface area contributed by atoms with Gasteiger partial charge < -0.3 is 4.84 Å². The fraction of sp³-hybridized carbons (Fsp3) is 0.417. The summed E-state index contributed by atoms with van der Waals surface area (Å²) < 4.78 is 37.8. The molecule has 0 spiro atoms. The number of hydrogen-bond acceptors (Lipinski definition) is 2. The normalized spacial score (nSPS) is 12.0. The quantitative estimate of drug-likeness (QED) is 0.567. The van der Waals surface area contributed by atoms with Crippen molar-refractivity contribution in [2.75, 3.05) is 0 Å². The van der Waals surface area contributed by atoms with E-state index in [0.717, 1.165) is 18.9 Å². The smallest absolute Gasteiger partial charge is 0.391 e. The average molecular weight is 245 g/mol. The molecule has 0 aliphatic heterocycles. The van der Waals surface area contributed by atoms with Crippen molar-refractivity contribution in [3.63, 3.8) is 0 Å². The van der Waals surface area contributed by atoms with Crippen LogP contribution in [0.3, 0.4) is 0 Å². The van der Waals surface area contributed by atoms with Crippen LogP contribution in [0, 0.1) is 0 Å². The van der Waals surface area contributed by atoms with Gasteiger partial charge in [-0.3, -0.25) is 0 Å². The Morgan fingerprint density at radius 2 is 2.00 bits per heavy atom. The van der Waals surface area contributed by atoms with Crippen molar-refractivity contribution in [2.45, 2.75) is 32.5 Å². The van der Waals surface area contributed by atoms with Gasteiger partial charge in [-0.2, -0.15) is 13.2 Å². The van der Waals surface area contributed by atoms with Crippen LogP contribution in [-0.2, 0) is 17.6 Å². The zero-order valence-electron chi connectivity index (χ0n) is 9.50. The maximum Gasteiger partial charge on any atom is 0.416 e. The molecular weight excluding hydrogens is 231 g/mol. The zero-order valence-corrected chi connectivity index (χ0v) is 9.50. The topological polar surface area (TPSA) is 21.6 Å². The van der Waals surface area contributed by atoms with Gasteiger partial charge in [0.25, 0.3) is 0 Å². The summed E-state index contributed by atoms with van der Waals surface area (Å²) in [6.07, 6.45) is -1.13. The van der Waals surface area contributed by atoms with Crippen LogP contribution in [0.1, 0.15) is 30.9 Å². The first-order valence-electron chi connectivity index (χ1n) is 5.34. The van der Waals surface area contributed by atoms with Crippen molar-refractivity contribution in [3.8, 4) is 0 Å². The van der Waals surface area contributed by atoms with Gasteiger partial charge in [-0.25, -0.2) is 0 Å². The van der Waals surface area contributed by atoms with Gasteiger partial charge in [0.2, 0.25) is 0 Å². The van der Waals surface area contributed by atoms with Crippen molar-refractivity contribution in [1.82, 2.24) is 0 Å². The SMILES string of the molecule is CCCC=NOCc1ccccc1C(F)(F)F. The molecular formula is C12H14F3NO. The molecule has 0 saturated heterocycles. The van der Waals surface area contributed by atoms with E-state index >= 15 is 0 Å². The highest BCUT2D eigenvalue weighted by atomic mass is 19.4. The molecule has 0 aliphatic carbocycles. The summed E-state index contributed by atoms with van der Waals surface area (Å²) in [5.41, 5.74) is -0.584. The predicted octanol–water partition coefficient (Wildman–Crippen LogP) is 4.01. The number of oxime groups is 1. The Hall–Kier alpha value is -1.52. The number of alkyl halides is 3. The Morgan fingerprint density at radius 1 is 1.29 bits per heavy atom. The molecule has 0 atom stereocenters. The van der Waals surface area contributed by atoms with Gasteiger partial charge in [0.1, 0.15) is 6.61 Å². The fourth-order valence-corrected chi connectivity index (χ4v) is 1.26. The summed E-state index contributed by atoms with van der Waals surface area (Å²) in [6, 6.07) is 5.32. The molecule has 0 bridgehead atoms. The first-order valence-corrected chi connectivity index (χ1v) is 5.34. The molecule has 1 rings (SSSR count). The first-order chi connectivity index (χ1) is 8.05. The molecule has 5 heteroatoms. The number of hydrogen-bond donors (Lipinski definition) is 0. The first kappa shape index (κ1) is 13.5. The van der Waals surface area contributed by atoms with Crippen molar-refractivity contribution >= 4 is 6.21 Å². The standard InChI is InChI=1S/C12H14F3NO/c1-2-3-8-16-17-9-10-6-4-5-7-11(10)12(13,14)15/h4-8H,2-3,9H2,1H3. The van der Waals surface area contributed by atoms with Gasteiger partial charge in [0.05, 0.1) is 5.56 Å². The molecule has 0 N–H and O–H groups in total. The number of nitrogens with zero attached hydrogens (tertiary/aromatic N) is 1. The molecule has 0 heterocycles. The van der Waals surface area contributed by atoms with Crippen LogP contribution in [-0.4, -0.2) is 6.21 Å². The second kappa shape index (κ2) is 6.27. The highest BCUT2D eigenvalue weighted by molar-refractivity contribution is 5.55. The van der Waals surface area contributed by atoms with E-state index < -0.39 is 11.7 Å². The molecule has 0 aromatic heterocycles. The van der Waals surface area contributed by atoms with Gasteiger partial charge in [0.15, 0.2) is 0 Å². The number of unbranched alkanes of at least 4 members (excludes halogenated alkanes) is 1. The Labute approximate surface area is 98.1 Å². The average Bonchev–Trinajstić information content (AvgIpc) is 2.28. The van der Waals surface area contributed by atoms with Crippen LogP contribution in [0.2, 0.25) is 0 Å². The van der Waals surface area contributed by atoms with Gasteiger partial charge in [-0.15, -0.1) is 0 Å². The van der Waals surface area contributed by atoms with Crippen molar-refractivity contribution < 1.29 is 18.0 Å². The lowest BCUT2D eigenvalue weighted by Gasteiger charge is -2.11. The summed E-state index contributed by atoms with van der Waals surface area (Å²) in [7, 11) is 0. The number of rotatable bonds is 5. The third kappa shape index (κ3) is 4.46. The Kier molecular flexibility index (Phi) is 5.00. The lowest BCUT2D eigenvalue weighted by atomic mass is 10.1. The lowest BCUT2D eigenvalue weighted by molar-refractivity contribution is -0.138. The van der Waals surface area contributed by atoms with Crippen molar-refractivity contribution in [2.24, 2.45) is 5.16 Å². The monoisotopic (exact) mass is 245 g/mol. The summed E-state index contributed by atoms with van der Waals surface area (Å²) in [6.45, 7) is 1.81. The number of halogens is 3. The molecule has 0 fully saturated rings. The minimum absolute atomic E-state index is 0.0913. The summed E-state index contributed by atoms with van der Waals surface area (Å²) >= 11 is 0. The maximum absolute atomic E-state index is 12.6. The van der Waals surface area contributed by atoms with Gasteiger partial charge in [-0.1, -0.05) is 36.7 Å². The van der Waals surface area contributed by atoms with Crippen LogP contribution in [0.25, 0.3) is 0 Å². The second-order valence-corrected chi connectivity index (χ2v) is 3.51. The van der Waals surface area contributed by atoms with Crippen LogP contribution < -0.4 is 0 Å².